The van der Waals surface area contributed by atoms with Gasteiger partial charge in [-0.25, -0.2) is 0 Å². The van der Waals surface area contributed by atoms with Crippen LogP contribution in [0.3, 0.4) is 0 Å². The van der Waals surface area contributed by atoms with Gasteiger partial charge in [0.1, 0.15) is 52.6 Å². The molecule has 0 spiro atoms. The van der Waals surface area contributed by atoms with Crippen LogP contribution in [0.4, 0.5) is 0 Å². The number of benzene rings is 2. The molecule has 0 aliphatic carbocycles. The summed E-state index contributed by atoms with van der Waals surface area (Å²) in [5.74, 6) is -1.38. The van der Waals surface area contributed by atoms with Crippen molar-refractivity contribution < 1.29 is 49.6 Å². The maximum absolute atomic E-state index is 12.8. The summed E-state index contributed by atoms with van der Waals surface area (Å²) in [5, 5.41) is 70.1. The molecule has 0 radical (unpaired) electrons. The molecule has 7 N–H and O–H groups in total. The fraction of sp³-hybridized carbons (Fsp3) is 0.286. The van der Waals surface area contributed by atoms with Crippen LogP contribution < -0.4 is 10.2 Å². The van der Waals surface area contributed by atoms with Gasteiger partial charge in [0.15, 0.2) is 23.2 Å². The van der Waals surface area contributed by atoms with Crippen LogP contribution >= 0.6 is 0 Å². The van der Waals surface area contributed by atoms with Crippen LogP contribution in [0.1, 0.15) is 11.7 Å². The second kappa shape index (κ2) is 7.97. The van der Waals surface area contributed by atoms with Crippen LogP contribution in [0.25, 0.3) is 22.3 Å². The van der Waals surface area contributed by atoms with E-state index in [2.05, 4.69) is 0 Å². The number of methoxy groups -OCH3 is 1. The molecule has 0 saturated carbocycles. The topological polar surface area (TPSA) is 190 Å². The van der Waals surface area contributed by atoms with Crippen molar-refractivity contribution in [1.29, 1.82) is 0 Å². The van der Waals surface area contributed by atoms with Crippen LogP contribution in [0.5, 0.6) is 23.0 Å². The molecule has 1 fully saturated rings. The molecule has 5 atom stereocenters. The Kier molecular flexibility index (Phi) is 5.44. The maximum atomic E-state index is 12.8. The molecule has 2 aromatic carbocycles. The van der Waals surface area contributed by atoms with Gasteiger partial charge in [0, 0.05) is 17.7 Å². The smallest absolute Gasteiger partial charge is 0.197 e. The van der Waals surface area contributed by atoms with Gasteiger partial charge in [-0.2, -0.15) is 0 Å². The van der Waals surface area contributed by atoms with Gasteiger partial charge >= 0.3 is 0 Å². The Hall–Kier alpha value is -3.35. The Morgan fingerprint density at radius 1 is 0.906 bits per heavy atom. The molecule has 32 heavy (non-hydrogen) atoms. The lowest BCUT2D eigenvalue weighted by Gasteiger charge is -2.38. The molecule has 0 bridgehead atoms. The quantitative estimate of drug-likeness (QED) is 0.287. The van der Waals surface area contributed by atoms with Crippen molar-refractivity contribution in [3.63, 3.8) is 0 Å². The fourth-order valence-corrected chi connectivity index (χ4v) is 3.66. The van der Waals surface area contributed by atoms with E-state index in [1.165, 1.54) is 25.3 Å². The van der Waals surface area contributed by atoms with E-state index in [1.807, 2.05) is 0 Å². The van der Waals surface area contributed by atoms with E-state index in [4.69, 9.17) is 13.9 Å². The molecule has 1 saturated heterocycles. The number of hydrogen-bond donors (Lipinski definition) is 7. The Morgan fingerprint density at radius 3 is 2.31 bits per heavy atom. The third kappa shape index (κ3) is 3.42. The summed E-state index contributed by atoms with van der Waals surface area (Å²) >= 11 is 0. The predicted molar refractivity (Wildman–Crippen MR) is 107 cm³/mol. The number of aromatic hydroxyl groups is 3. The Balaban J connectivity index is 1.86. The molecular formula is C21H20O11. The fourth-order valence-electron chi connectivity index (χ4n) is 3.66. The van der Waals surface area contributed by atoms with Crippen LogP contribution in [0, 0.1) is 0 Å². The average Bonchev–Trinajstić information content (AvgIpc) is 2.75. The molecule has 170 valence electrons. The van der Waals surface area contributed by atoms with Crippen molar-refractivity contribution in [3.05, 3.63) is 46.1 Å². The Morgan fingerprint density at radius 2 is 1.62 bits per heavy atom. The van der Waals surface area contributed by atoms with Gasteiger partial charge in [0.2, 0.25) is 0 Å². The van der Waals surface area contributed by atoms with Crippen molar-refractivity contribution in [2.45, 2.75) is 30.7 Å². The maximum Gasteiger partial charge on any atom is 0.197 e. The molecule has 2 heterocycles. The minimum Gasteiger partial charge on any atom is -0.507 e. The molecule has 1 aromatic heterocycles. The lowest BCUT2D eigenvalue weighted by atomic mass is 9.91. The summed E-state index contributed by atoms with van der Waals surface area (Å²) in [6.45, 7) is 0. The lowest BCUT2D eigenvalue weighted by Crippen LogP contribution is -2.54. The zero-order valence-corrected chi connectivity index (χ0v) is 16.5. The van der Waals surface area contributed by atoms with E-state index in [0.717, 1.165) is 12.1 Å². The summed E-state index contributed by atoms with van der Waals surface area (Å²) in [6.07, 6.45) is -9.08. The van der Waals surface area contributed by atoms with Crippen LogP contribution in [-0.2, 0) is 4.74 Å². The van der Waals surface area contributed by atoms with Gasteiger partial charge in [-0.05, 0) is 18.2 Å². The van der Waals surface area contributed by atoms with Crippen molar-refractivity contribution in [3.8, 4) is 34.3 Å². The van der Waals surface area contributed by atoms with Crippen LogP contribution in [0.15, 0.2) is 39.5 Å². The number of aliphatic hydroxyl groups is 4. The number of hydrogen-bond acceptors (Lipinski definition) is 11. The molecule has 3 aromatic rings. The highest BCUT2D eigenvalue weighted by Crippen LogP contribution is 2.44. The SMILES string of the molecule is COc1cc(-c2cc(=O)c3c(O)c([C@H]4O[C@H](O)[C@@H](O)[C@H](O)[C@H]4O)c(O)cc3o2)ccc1O. The largest absolute Gasteiger partial charge is 0.507 e. The first-order valence-electron chi connectivity index (χ1n) is 9.41. The van der Waals surface area contributed by atoms with Crippen molar-refractivity contribution >= 4 is 11.0 Å². The number of aliphatic hydroxyl groups excluding tert-OH is 4. The summed E-state index contributed by atoms with van der Waals surface area (Å²) in [4.78, 5) is 12.8. The van der Waals surface area contributed by atoms with E-state index >= 15 is 0 Å². The zero-order chi connectivity index (χ0) is 23.3. The van der Waals surface area contributed by atoms with E-state index in [-0.39, 0.29) is 28.2 Å². The molecule has 11 nitrogen and oxygen atoms in total. The van der Waals surface area contributed by atoms with E-state index in [9.17, 15) is 40.5 Å². The first kappa shape index (κ1) is 21.9. The predicted octanol–water partition coefficient (Wildman–Crippen LogP) is 0.0578. The average molecular weight is 448 g/mol. The van der Waals surface area contributed by atoms with E-state index in [0.29, 0.717) is 5.56 Å². The number of phenols is 3. The highest BCUT2D eigenvalue weighted by molar-refractivity contribution is 5.88. The summed E-state index contributed by atoms with van der Waals surface area (Å²) in [6, 6.07) is 6.31. The molecule has 0 unspecified atom stereocenters. The minimum atomic E-state index is -1.92. The molecule has 0 amide bonds. The summed E-state index contributed by atoms with van der Waals surface area (Å²) < 4.78 is 15.7. The van der Waals surface area contributed by atoms with Crippen LogP contribution in [0.2, 0.25) is 0 Å². The number of fused-ring (bicyclic) bond motifs is 1. The Bertz CT molecular complexity index is 1230. The normalized spacial score (nSPS) is 25.7. The van der Waals surface area contributed by atoms with Crippen molar-refractivity contribution in [2.24, 2.45) is 0 Å². The highest BCUT2D eigenvalue weighted by atomic mass is 16.6. The number of phenolic OH excluding ortho intramolecular Hbond substituents is 3. The second-order valence-electron chi connectivity index (χ2n) is 7.31. The van der Waals surface area contributed by atoms with Gasteiger partial charge < -0.3 is 49.6 Å². The monoisotopic (exact) mass is 448 g/mol. The first-order valence-corrected chi connectivity index (χ1v) is 9.41. The van der Waals surface area contributed by atoms with E-state index < -0.39 is 53.2 Å². The highest BCUT2D eigenvalue weighted by Gasteiger charge is 2.45. The van der Waals surface area contributed by atoms with Gasteiger partial charge in [0.05, 0.1) is 12.7 Å². The molecule has 4 rings (SSSR count). The third-order valence-electron chi connectivity index (χ3n) is 5.35. The van der Waals surface area contributed by atoms with Gasteiger partial charge in [-0.3, -0.25) is 4.79 Å². The minimum absolute atomic E-state index is 0.0512. The van der Waals surface area contributed by atoms with Crippen LogP contribution in [-0.4, -0.2) is 67.5 Å². The summed E-state index contributed by atoms with van der Waals surface area (Å²) in [5.41, 5.74) is -1.02. The van der Waals surface area contributed by atoms with Gasteiger partial charge in [-0.15, -0.1) is 0 Å². The molecule has 11 heteroatoms. The third-order valence-corrected chi connectivity index (χ3v) is 5.35. The van der Waals surface area contributed by atoms with Crippen molar-refractivity contribution in [2.75, 3.05) is 7.11 Å². The number of ether oxygens (including phenoxy) is 2. The number of rotatable bonds is 3. The van der Waals surface area contributed by atoms with Gasteiger partial charge in [-0.1, -0.05) is 0 Å². The van der Waals surface area contributed by atoms with Gasteiger partial charge in [0.25, 0.3) is 0 Å². The molecule has 1 aliphatic heterocycles. The van der Waals surface area contributed by atoms with E-state index in [1.54, 1.807) is 0 Å². The zero-order valence-electron chi connectivity index (χ0n) is 16.5. The van der Waals surface area contributed by atoms with Crippen molar-refractivity contribution in [1.82, 2.24) is 0 Å². The second-order valence-corrected chi connectivity index (χ2v) is 7.31. The lowest BCUT2D eigenvalue weighted by molar-refractivity contribution is -0.284. The molecule has 1 aliphatic rings. The summed E-state index contributed by atoms with van der Waals surface area (Å²) in [7, 11) is 1.35. The standard InChI is InChI=1S/C21H20O11/c1-30-12-4-7(2-3-8(12)22)11-5-9(23)14-13(31-11)6-10(24)15(16(14)25)20-18(27)17(26)19(28)21(29)32-20/h2-6,17-22,24-29H,1H3/t17-,18-,19+,20-,21+/m1/s1. The first-order chi connectivity index (χ1) is 15.1. The Labute approximate surface area is 179 Å². The molecular weight excluding hydrogens is 428 g/mol.